The summed E-state index contributed by atoms with van der Waals surface area (Å²) in [6.45, 7) is 1.73. The van der Waals surface area contributed by atoms with Crippen molar-refractivity contribution in [3.63, 3.8) is 0 Å². The molecule has 1 N–H and O–H groups in total. The maximum Gasteiger partial charge on any atom is 0.202 e. The van der Waals surface area contributed by atoms with E-state index < -0.39 is 0 Å². The molecule has 6 heteroatoms. The molecule has 0 amide bonds. The lowest BCUT2D eigenvalue weighted by Crippen LogP contribution is -3.07. The third-order valence-corrected chi connectivity index (χ3v) is 5.17. The lowest BCUT2D eigenvalue weighted by molar-refractivity contribution is -0.917. The lowest BCUT2D eigenvalue weighted by Gasteiger charge is -2.13. The quantitative estimate of drug-likeness (QED) is 0.694. The number of rotatable bonds is 6. The first-order valence-electron chi connectivity index (χ1n) is 7.64. The highest BCUT2D eigenvalue weighted by Crippen LogP contribution is 2.13. The predicted octanol–water partition coefficient (Wildman–Crippen LogP) is 2.28. The maximum absolute atomic E-state index is 5.55. The highest BCUT2D eigenvalue weighted by molar-refractivity contribution is 7.71. The molecular formula is C17H21N4S2+. The Morgan fingerprint density at radius 1 is 1.17 bits per heavy atom. The third-order valence-electron chi connectivity index (χ3n) is 3.81. The predicted molar refractivity (Wildman–Crippen MR) is 96.2 cm³/mol. The monoisotopic (exact) mass is 345 g/mol. The van der Waals surface area contributed by atoms with Crippen molar-refractivity contribution < 1.29 is 4.90 Å². The van der Waals surface area contributed by atoms with E-state index >= 15 is 0 Å². The zero-order chi connectivity index (χ0) is 16.2. The van der Waals surface area contributed by atoms with E-state index in [4.69, 9.17) is 17.3 Å². The number of hydrogen-bond donors (Lipinski definition) is 1. The van der Waals surface area contributed by atoms with Gasteiger partial charge in [-0.3, -0.25) is 0 Å². The molecule has 0 spiro atoms. The Bertz CT molecular complexity index is 803. The molecule has 2 aromatic heterocycles. The summed E-state index contributed by atoms with van der Waals surface area (Å²) in [5, 5.41) is 6.82. The van der Waals surface area contributed by atoms with Gasteiger partial charge in [0.2, 0.25) is 4.77 Å². The van der Waals surface area contributed by atoms with E-state index in [0.29, 0.717) is 0 Å². The third kappa shape index (κ3) is 3.96. The van der Waals surface area contributed by atoms with Crippen LogP contribution in [0.2, 0.25) is 0 Å². The fourth-order valence-corrected chi connectivity index (χ4v) is 3.53. The Hall–Kier alpha value is -1.76. The highest BCUT2D eigenvalue weighted by atomic mass is 32.1. The van der Waals surface area contributed by atoms with Crippen LogP contribution in [-0.4, -0.2) is 21.4 Å². The highest BCUT2D eigenvalue weighted by Gasteiger charge is 2.12. The van der Waals surface area contributed by atoms with Crippen LogP contribution in [0.4, 0.5) is 0 Å². The summed E-state index contributed by atoms with van der Waals surface area (Å²) in [4.78, 5) is 2.67. The van der Waals surface area contributed by atoms with Gasteiger partial charge in [-0.2, -0.15) is 9.78 Å². The molecule has 1 atom stereocenters. The van der Waals surface area contributed by atoms with Crippen LogP contribution < -0.4 is 4.90 Å². The Morgan fingerprint density at radius 3 is 2.65 bits per heavy atom. The molecule has 3 aromatic rings. The molecule has 0 aliphatic carbocycles. The first-order valence-corrected chi connectivity index (χ1v) is 8.92. The zero-order valence-electron chi connectivity index (χ0n) is 13.4. The molecule has 0 saturated heterocycles. The standard InChI is InChI=1S/C17H20N4S2/c1-19(12-14-7-4-3-5-8-14)13-21-17(22)20(2)16(18-21)11-15-9-6-10-23-15/h3-10H,11-13H2,1-2H3/p+1. The summed E-state index contributed by atoms with van der Waals surface area (Å²) in [5.41, 5.74) is 1.33. The number of nitrogens with zero attached hydrogens (tertiary/aromatic N) is 3. The molecule has 0 aliphatic rings. The second-order valence-electron chi connectivity index (χ2n) is 5.79. The summed E-state index contributed by atoms with van der Waals surface area (Å²) in [6, 6.07) is 14.7. The van der Waals surface area contributed by atoms with Gasteiger partial charge in [0.1, 0.15) is 12.4 Å². The van der Waals surface area contributed by atoms with E-state index in [1.807, 2.05) is 22.4 Å². The van der Waals surface area contributed by atoms with Crippen LogP contribution in [0, 0.1) is 4.77 Å². The van der Waals surface area contributed by atoms with E-state index in [1.54, 1.807) is 11.3 Å². The van der Waals surface area contributed by atoms with Gasteiger partial charge in [0.05, 0.1) is 7.05 Å². The summed E-state index contributed by atoms with van der Waals surface area (Å²) in [7, 11) is 4.17. The van der Waals surface area contributed by atoms with Crippen LogP contribution in [-0.2, 0) is 26.7 Å². The molecule has 0 aliphatic heterocycles. The Morgan fingerprint density at radius 2 is 1.96 bits per heavy atom. The largest absolute Gasteiger partial charge is 0.315 e. The summed E-state index contributed by atoms with van der Waals surface area (Å²) in [5.74, 6) is 1.02. The van der Waals surface area contributed by atoms with E-state index in [9.17, 15) is 0 Å². The minimum atomic E-state index is 0.770. The van der Waals surface area contributed by atoms with Crippen molar-refractivity contribution in [1.82, 2.24) is 14.3 Å². The first kappa shape index (κ1) is 16.1. The molecule has 3 rings (SSSR count). The number of thiophene rings is 1. The van der Waals surface area contributed by atoms with E-state index in [0.717, 1.165) is 30.2 Å². The van der Waals surface area contributed by atoms with Crippen LogP contribution in [0.5, 0.6) is 0 Å². The second kappa shape index (κ2) is 7.21. The summed E-state index contributed by atoms with van der Waals surface area (Å²) >= 11 is 7.30. The molecule has 0 fully saturated rings. The topological polar surface area (TPSA) is 27.2 Å². The normalized spacial score (nSPS) is 12.4. The number of aromatic nitrogens is 3. The molecule has 23 heavy (non-hydrogen) atoms. The van der Waals surface area contributed by atoms with Gasteiger partial charge in [-0.05, 0) is 23.7 Å². The molecule has 0 saturated carbocycles. The fraction of sp³-hybridized carbons (Fsp3) is 0.294. The SMILES string of the molecule is Cn1c(Cc2cccs2)nn(C[NH+](C)Cc2ccccc2)c1=S. The van der Waals surface area contributed by atoms with Crippen molar-refractivity contribution in [2.45, 2.75) is 19.6 Å². The van der Waals surface area contributed by atoms with E-state index in [1.165, 1.54) is 15.3 Å². The van der Waals surface area contributed by atoms with Crippen molar-refractivity contribution in [1.29, 1.82) is 0 Å². The number of benzene rings is 1. The van der Waals surface area contributed by atoms with Gasteiger partial charge in [-0.25, -0.2) is 0 Å². The molecular weight excluding hydrogens is 324 g/mol. The Balaban J connectivity index is 1.71. The first-order chi connectivity index (χ1) is 11.1. The number of quaternary nitrogens is 1. The van der Waals surface area contributed by atoms with Crippen LogP contribution in [0.1, 0.15) is 16.3 Å². The van der Waals surface area contributed by atoms with Crippen molar-refractivity contribution >= 4 is 23.6 Å². The average Bonchev–Trinajstić information content (AvgIpc) is 3.14. The minimum absolute atomic E-state index is 0.770. The summed E-state index contributed by atoms with van der Waals surface area (Å²) < 4.78 is 4.74. The summed E-state index contributed by atoms with van der Waals surface area (Å²) in [6.07, 6.45) is 0.836. The Kier molecular flexibility index (Phi) is 5.05. The average molecular weight is 346 g/mol. The van der Waals surface area contributed by atoms with Crippen LogP contribution in [0.25, 0.3) is 0 Å². The van der Waals surface area contributed by atoms with Gasteiger partial charge in [0.25, 0.3) is 0 Å². The lowest BCUT2D eigenvalue weighted by atomic mass is 10.2. The minimum Gasteiger partial charge on any atom is -0.315 e. The van der Waals surface area contributed by atoms with Crippen LogP contribution in [0.3, 0.4) is 0 Å². The molecule has 1 aromatic carbocycles. The second-order valence-corrected chi connectivity index (χ2v) is 7.19. The van der Waals surface area contributed by atoms with Gasteiger partial charge in [0.15, 0.2) is 6.67 Å². The van der Waals surface area contributed by atoms with Gasteiger partial charge in [-0.1, -0.05) is 36.4 Å². The molecule has 120 valence electrons. The van der Waals surface area contributed by atoms with Crippen molar-refractivity contribution in [2.75, 3.05) is 7.05 Å². The van der Waals surface area contributed by atoms with Gasteiger partial charge < -0.3 is 9.47 Å². The van der Waals surface area contributed by atoms with Crippen molar-refractivity contribution in [3.05, 3.63) is 68.9 Å². The van der Waals surface area contributed by atoms with Crippen molar-refractivity contribution in [3.8, 4) is 0 Å². The van der Waals surface area contributed by atoms with Gasteiger partial charge >= 0.3 is 0 Å². The van der Waals surface area contributed by atoms with Gasteiger partial charge in [-0.15, -0.1) is 11.3 Å². The fourth-order valence-electron chi connectivity index (χ4n) is 2.61. The Labute approximate surface area is 145 Å². The number of nitrogens with one attached hydrogen (secondary N) is 1. The molecule has 0 bridgehead atoms. The number of hydrogen-bond acceptors (Lipinski definition) is 3. The van der Waals surface area contributed by atoms with E-state index in [2.05, 4.69) is 48.8 Å². The van der Waals surface area contributed by atoms with Crippen LogP contribution >= 0.6 is 23.6 Å². The molecule has 2 heterocycles. The van der Waals surface area contributed by atoms with E-state index in [-0.39, 0.29) is 0 Å². The molecule has 0 radical (unpaired) electrons. The molecule has 4 nitrogen and oxygen atoms in total. The van der Waals surface area contributed by atoms with Crippen molar-refractivity contribution in [2.24, 2.45) is 7.05 Å². The smallest absolute Gasteiger partial charge is 0.202 e. The van der Waals surface area contributed by atoms with Crippen LogP contribution in [0.15, 0.2) is 47.8 Å². The maximum atomic E-state index is 5.55. The molecule has 1 unspecified atom stereocenters. The zero-order valence-corrected chi connectivity index (χ0v) is 15.0. The van der Waals surface area contributed by atoms with Gasteiger partial charge in [0, 0.05) is 23.9 Å².